The summed E-state index contributed by atoms with van der Waals surface area (Å²) in [4.78, 5) is 21.0. The molecule has 4 aromatic rings. The number of nitrogens with zero attached hydrogens (tertiary/aromatic N) is 3. The minimum atomic E-state index is -0.0312. The predicted octanol–water partition coefficient (Wildman–Crippen LogP) is 4.91. The second-order valence-electron chi connectivity index (χ2n) is 7.33. The van der Waals surface area contributed by atoms with Crippen molar-refractivity contribution in [2.45, 2.75) is 25.3 Å². The zero-order valence-electron chi connectivity index (χ0n) is 16.4. The van der Waals surface area contributed by atoms with E-state index in [4.69, 9.17) is 4.52 Å². The molecule has 0 fully saturated rings. The Labute approximate surface area is 179 Å². The van der Waals surface area contributed by atoms with Gasteiger partial charge in [-0.25, -0.2) is 0 Å². The largest absolute Gasteiger partial charge is 0.339 e. The number of carbonyl (C=O) groups excluding carboxylic acids is 1. The molecule has 0 spiro atoms. The monoisotopic (exact) mass is 415 g/mol. The molecule has 0 saturated carbocycles. The van der Waals surface area contributed by atoms with Crippen LogP contribution in [0.3, 0.4) is 0 Å². The maximum atomic E-state index is 13.2. The highest BCUT2D eigenvalue weighted by Gasteiger charge is 2.32. The molecule has 5 nitrogen and oxygen atoms in total. The lowest BCUT2D eigenvalue weighted by Gasteiger charge is -2.36. The van der Waals surface area contributed by atoms with Gasteiger partial charge in [-0.05, 0) is 29.0 Å². The van der Waals surface area contributed by atoms with E-state index >= 15 is 0 Å². The highest BCUT2D eigenvalue weighted by Crippen LogP contribution is 2.38. The van der Waals surface area contributed by atoms with Crippen molar-refractivity contribution in [3.8, 4) is 11.4 Å². The fourth-order valence-corrected chi connectivity index (χ4v) is 4.90. The van der Waals surface area contributed by atoms with Gasteiger partial charge < -0.3 is 9.42 Å². The molecule has 1 amide bonds. The Bertz CT molecular complexity index is 1140. The molecule has 150 valence electrons. The highest BCUT2D eigenvalue weighted by atomic mass is 32.1. The highest BCUT2D eigenvalue weighted by molar-refractivity contribution is 7.10. The Morgan fingerprint density at radius 1 is 1.07 bits per heavy atom. The lowest BCUT2D eigenvalue weighted by atomic mass is 9.93. The third-order valence-corrected chi connectivity index (χ3v) is 6.45. The van der Waals surface area contributed by atoms with Crippen molar-refractivity contribution in [2.75, 3.05) is 6.54 Å². The van der Waals surface area contributed by atoms with Crippen molar-refractivity contribution < 1.29 is 9.32 Å². The zero-order chi connectivity index (χ0) is 20.3. The Hall–Kier alpha value is -3.25. The van der Waals surface area contributed by atoms with E-state index in [1.807, 2.05) is 53.4 Å². The van der Waals surface area contributed by atoms with Gasteiger partial charge in [0.1, 0.15) is 0 Å². The topological polar surface area (TPSA) is 59.2 Å². The first-order valence-corrected chi connectivity index (χ1v) is 11.0. The molecule has 0 saturated heterocycles. The van der Waals surface area contributed by atoms with Crippen LogP contribution in [0, 0.1) is 0 Å². The first-order valence-electron chi connectivity index (χ1n) is 10.1. The number of carbonyl (C=O) groups is 1. The molecule has 1 aliphatic rings. The third kappa shape index (κ3) is 3.66. The van der Waals surface area contributed by atoms with Gasteiger partial charge in [-0.3, -0.25) is 4.79 Å². The summed E-state index contributed by atoms with van der Waals surface area (Å²) in [6, 6.07) is 22.1. The number of fused-ring (bicyclic) bond motifs is 1. The van der Waals surface area contributed by atoms with E-state index in [9.17, 15) is 4.79 Å². The van der Waals surface area contributed by atoms with Crippen LogP contribution in [0.2, 0.25) is 0 Å². The van der Waals surface area contributed by atoms with Gasteiger partial charge in [-0.15, -0.1) is 11.3 Å². The fraction of sp³-hybridized carbons (Fsp3) is 0.208. The summed E-state index contributed by atoms with van der Waals surface area (Å²) in [5.41, 5.74) is 3.30. The second kappa shape index (κ2) is 8.24. The molecule has 2 aromatic heterocycles. The summed E-state index contributed by atoms with van der Waals surface area (Å²) in [5.74, 6) is 1.16. The van der Waals surface area contributed by atoms with E-state index in [0.717, 1.165) is 24.1 Å². The smallest absolute Gasteiger partial charge is 0.227 e. The number of hydrogen-bond acceptors (Lipinski definition) is 5. The molecular formula is C24H21N3O2S. The SMILES string of the molecule is O=C(CCc1nc(-c2ccccc2)no1)N1CCc2sccc2C1c1ccccc1. The number of amides is 1. The summed E-state index contributed by atoms with van der Waals surface area (Å²) < 4.78 is 5.38. The van der Waals surface area contributed by atoms with E-state index in [1.54, 1.807) is 11.3 Å². The van der Waals surface area contributed by atoms with Gasteiger partial charge >= 0.3 is 0 Å². The Morgan fingerprint density at radius 2 is 1.83 bits per heavy atom. The normalized spacial score (nSPS) is 15.7. The van der Waals surface area contributed by atoms with Crippen molar-refractivity contribution >= 4 is 17.2 Å². The van der Waals surface area contributed by atoms with Crippen molar-refractivity contribution in [1.82, 2.24) is 15.0 Å². The van der Waals surface area contributed by atoms with Crippen LogP contribution in [-0.4, -0.2) is 27.5 Å². The van der Waals surface area contributed by atoms with Gasteiger partial charge in [0.2, 0.25) is 17.6 Å². The first-order chi connectivity index (χ1) is 14.8. The second-order valence-corrected chi connectivity index (χ2v) is 8.33. The first kappa shape index (κ1) is 18.8. The van der Waals surface area contributed by atoms with Crippen molar-refractivity contribution in [2.24, 2.45) is 0 Å². The molecule has 0 N–H and O–H groups in total. The molecule has 1 aliphatic heterocycles. The van der Waals surface area contributed by atoms with E-state index in [-0.39, 0.29) is 11.9 Å². The Morgan fingerprint density at radius 3 is 2.63 bits per heavy atom. The molecule has 2 aromatic carbocycles. The fourth-order valence-electron chi connectivity index (χ4n) is 4.00. The van der Waals surface area contributed by atoms with Crippen molar-refractivity contribution in [1.29, 1.82) is 0 Å². The molecule has 0 aliphatic carbocycles. The van der Waals surface area contributed by atoms with Gasteiger partial charge in [-0.2, -0.15) is 4.98 Å². The number of rotatable bonds is 5. The van der Waals surface area contributed by atoms with Gasteiger partial charge in [0, 0.05) is 29.8 Å². The van der Waals surface area contributed by atoms with Gasteiger partial charge in [-0.1, -0.05) is 65.8 Å². The molecule has 0 radical (unpaired) electrons. The molecule has 0 bridgehead atoms. The molecule has 6 heteroatoms. The van der Waals surface area contributed by atoms with E-state index in [0.29, 0.717) is 24.6 Å². The van der Waals surface area contributed by atoms with Gasteiger partial charge in [0.05, 0.1) is 6.04 Å². The van der Waals surface area contributed by atoms with Crippen molar-refractivity contribution in [3.05, 3.63) is 94.0 Å². The summed E-state index contributed by atoms with van der Waals surface area (Å²) in [6.45, 7) is 0.727. The van der Waals surface area contributed by atoms with Crippen LogP contribution in [0.1, 0.15) is 34.4 Å². The third-order valence-electron chi connectivity index (χ3n) is 5.45. The van der Waals surface area contributed by atoms with Crippen LogP contribution in [0.4, 0.5) is 0 Å². The maximum absolute atomic E-state index is 13.2. The zero-order valence-corrected chi connectivity index (χ0v) is 17.2. The number of aryl methyl sites for hydroxylation is 1. The van der Waals surface area contributed by atoms with Crippen LogP contribution in [-0.2, 0) is 17.6 Å². The Balaban J connectivity index is 1.33. The van der Waals surface area contributed by atoms with Crippen LogP contribution in [0.25, 0.3) is 11.4 Å². The number of hydrogen-bond donors (Lipinski definition) is 0. The number of benzene rings is 2. The average molecular weight is 416 g/mol. The van der Waals surface area contributed by atoms with Crippen molar-refractivity contribution in [3.63, 3.8) is 0 Å². The standard InChI is InChI=1S/C24H21N3O2S/c28-22(12-11-21-25-24(26-29-21)18-9-5-2-6-10-18)27-15-13-20-19(14-16-30-20)23(27)17-7-3-1-4-8-17/h1-10,14,16,23H,11-13,15H2. The minimum Gasteiger partial charge on any atom is -0.339 e. The lowest BCUT2D eigenvalue weighted by Crippen LogP contribution is -2.40. The van der Waals surface area contributed by atoms with Crippen LogP contribution in [0.15, 0.2) is 76.6 Å². The van der Waals surface area contributed by atoms with E-state index in [1.165, 1.54) is 10.4 Å². The quantitative estimate of drug-likeness (QED) is 0.465. The molecule has 1 unspecified atom stereocenters. The summed E-state index contributed by atoms with van der Waals surface area (Å²) in [6.07, 6.45) is 1.69. The number of aromatic nitrogens is 2. The predicted molar refractivity (Wildman–Crippen MR) is 116 cm³/mol. The maximum Gasteiger partial charge on any atom is 0.227 e. The molecular weight excluding hydrogens is 394 g/mol. The molecule has 3 heterocycles. The summed E-state index contributed by atoms with van der Waals surface area (Å²) in [7, 11) is 0. The molecule has 1 atom stereocenters. The van der Waals surface area contributed by atoms with Gasteiger partial charge in [0.15, 0.2) is 0 Å². The van der Waals surface area contributed by atoms with E-state index < -0.39 is 0 Å². The molecule has 5 rings (SSSR count). The lowest BCUT2D eigenvalue weighted by molar-refractivity contribution is -0.133. The summed E-state index contributed by atoms with van der Waals surface area (Å²) in [5, 5.41) is 6.18. The average Bonchev–Trinajstić information content (AvgIpc) is 3.47. The van der Waals surface area contributed by atoms with Gasteiger partial charge in [0.25, 0.3) is 0 Å². The molecule has 30 heavy (non-hydrogen) atoms. The number of thiophene rings is 1. The van der Waals surface area contributed by atoms with E-state index in [2.05, 4.69) is 33.7 Å². The summed E-state index contributed by atoms with van der Waals surface area (Å²) >= 11 is 1.78. The minimum absolute atomic E-state index is 0.0312. The Kier molecular flexibility index (Phi) is 5.15. The van der Waals surface area contributed by atoms with Crippen LogP contribution < -0.4 is 0 Å². The van der Waals surface area contributed by atoms with Crippen LogP contribution in [0.5, 0.6) is 0 Å². The van der Waals surface area contributed by atoms with Crippen LogP contribution >= 0.6 is 11.3 Å².